The van der Waals surface area contributed by atoms with E-state index < -0.39 is 0 Å². The third-order valence-corrected chi connectivity index (χ3v) is 5.63. The highest BCUT2D eigenvalue weighted by Crippen LogP contribution is 2.40. The molecule has 1 aromatic carbocycles. The summed E-state index contributed by atoms with van der Waals surface area (Å²) in [4.78, 5) is 26.2. The summed E-state index contributed by atoms with van der Waals surface area (Å²) in [7, 11) is 1.59. The number of pyridine rings is 1. The lowest BCUT2D eigenvalue weighted by Crippen LogP contribution is -2.39. The number of hydrogen-bond donors (Lipinski definition) is 1. The maximum absolute atomic E-state index is 12.7. The summed E-state index contributed by atoms with van der Waals surface area (Å²) in [6.07, 6.45) is 6.92. The van der Waals surface area contributed by atoms with Crippen molar-refractivity contribution in [1.82, 2.24) is 20.3 Å². The average Bonchev–Trinajstić information content (AvgIpc) is 2.77. The molecule has 1 aliphatic rings. The molecule has 0 saturated carbocycles. The van der Waals surface area contributed by atoms with Gasteiger partial charge in [-0.25, -0.2) is 9.97 Å². The van der Waals surface area contributed by atoms with Crippen LogP contribution in [0.3, 0.4) is 0 Å². The van der Waals surface area contributed by atoms with Gasteiger partial charge in [0.1, 0.15) is 0 Å². The lowest BCUT2D eigenvalue weighted by atomic mass is 9.74. The number of hydrogen-bond acceptors (Lipinski definition) is 6. The van der Waals surface area contributed by atoms with Gasteiger partial charge in [0.15, 0.2) is 23.9 Å². The van der Waals surface area contributed by atoms with Crippen LogP contribution in [0, 0.1) is 12.3 Å². The number of nitrogens with one attached hydrogen (secondary N) is 1. The van der Waals surface area contributed by atoms with Gasteiger partial charge in [-0.05, 0) is 55.0 Å². The van der Waals surface area contributed by atoms with Crippen LogP contribution in [0.15, 0.2) is 48.9 Å². The molecule has 1 amide bonds. The molecule has 1 atom stereocenters. The normalized spacial score (nSPS) is 16.7. The van der Waals surface area contributed by atoms with Gasteiger partial charge in [-0.3, -0.25) is 9.78 Å². The van der Waals surface area contributed by atoms with Gasteiger partial charge < -0.3 is 14.8 Å². The van der Waals surface area contributed by atoms with Gasteiger partial charge in [0.05, 0.1) is 18.8 Å². The number of methoxy groups -OCH3 is 1. The average molecular weight is 433 g/mol. The number of benzene rings is 1. The first kappa shape index (κ1) is 21.7. The van der Waals surface area contributed by atoms with Crippen molar-refractivity contribution in [3.63, 3.8) is 0 Å². The molecule has 32 heavy (non-hydrogen) atoms. The molecule has 0 bridgehead atoms. The van der Waals surface area contributed by atoms with Gasteiger partial charge >= 0.3 is 0 Å². The Bertz CT molecular complexity index is 1120. The summed E-state index contributed by atoms with van der Waals surface area (Å²) >= 11 is 0. The highest BCUT2D eigenvalue weighted by atomic mass is 16.5. The molecule has 2 heterocycles. The second kappa shape index (κ2) is 8.94. The zero-order valence-corrected chi connectivity index (χ0v) is 18.9. The van der Waals surface area contributed by atoms with Crippen LogP contribution in [0.5, 0.6) is 11.5 Å². The fourth-order valence-corrected chi connectivity index (χ4v) is 4.09. The van der Waals surface area contributed by atoms with Crippen LogP contribution in [-0.2, 0) is 11.2 Å². The largest absolute Gasteiger partial charge is 0.493 e. The van der Waals surface area contributed by atoms with Crippen molar-refractivity contribution in [1.29, 1.82) is 0 Å². The third-order valence-electron chi connectivity index (χ3n) is 5.63. The summed E-state index contributed by atoms with van der Waals surface area (Å²) in [5, 5.41) is 3.11. The number of aromatic nitrogens is 3. The minimum atomic E-state index is -0.195. The van der Waals surface area contributed by atoms with E-state index in [9.17, 15) is 4.79 Å². The van der Waals surface area contributed by atoms with E-state index in [4.69, 9.17) is 14.5 Å². The molecule has 0 saturated heterocycles. The minimum Gasteiger partial charge on any atom is -0.493 e. The van der Waals surface area contributed by atoms with Crippen LogP contribution >= 0.6 is 0 Å². The van der Waals surface area contributed by atoms with Crippen molar-refractivity contribution in [3.05, 3.63) is 65.7 Å². The molecule has 4 rings (SSSR count). The predicted octanol–water partition coefficient (Wildman–Crippen LogP) is 4.06. The van der Waals surface area contributed by atoms with Gasteiger partial charge in [0.25, 0.3) is 5.91 Å². The van der Waals surface area contributed by atoms with E-state index in [1.807, 2.05) is 43.5 Å². The second-order valence-electron chi connectivity index (χ2n) is 8.94. The summed E-state index contributed by atoms with van der Waals surface area (Å²) in [5.74, 6) is 1.63. The fraction of sp³-hybridized carbons (Fsp3) is 0.360. The third kappa shape index (κ3) is 4.88. The van der Waals surface area contributed by atoms with Crippen LogP contribution in [-0.4, -0.2) is 34.6 Å². The Labute approximate surface area is 188 Å². The van der Waals surface area contributed by atoms with Gasteiger partial charge in [-0.2, -0.15) is 0 Å². The van der Waals surface area contributed by atoms with Crippen molar-refractivity contribution in [2.24, 2.45) is 5.41 Å². The summed E-state index contributed by atoms with van der Waals surface area (Å²) < 4.78 is 11.1. The summed E-state index contributed by atoms with van der Waals surface area (Å²) in [6.45, 7) is 6.26. The van der Waals surface area contributed by atoms with Crippen molar-refractivity contribution in [3.8, 4) is 22.9 Å². The second-order valence-corrected chi connectivity index (χ2v) is 8.94. The van der Waals surface area contributed by atoms with Gasteiger partial charge in [-0.15, -0.1) is 0 Å². The summed E-state index contributed by atoms with van der Waals surface area (Å²) in [5.41, 5.74) is 3.91. The molecule has 2 aromatic heterocycles. The van der Waals surface area contributed by atoms with E-state index in [0.717, 1.165) is 35.2 Å². The fourth-order valence-electron chi connectivity index (χ4n) is 4.09. The number of nitrogens with zero attached hydrogens (tertiary/aromatic N) is 3. The Morgan fingerprint density at radius 2 is 1.97 bits per heavy atom. The van der Waals surface area contributed by atoms with Crippen molar-refractivity contribution in [2.75, 3.05) is 13.7 Å². The molecule has 0 spiro atoms. The minimum absolute atomic E-state index is 0.00412. The molecule has 166 valence electrons. The Kier molecular flexibility index (Phi) is 6.08. The number of rotatable bonds is 6. The Hall–Kier alpha value is -3.48. The Morgan fingerprint density at radius 3 is 2.72 bits per heavy atom. The number of carbonyl (C=O) groups is 1. The van der Waals surface area contributed by atoms with E-state index in [1.54, 1.807) is 19.5 Å². The molecule has 1 N–H and O–H groups in total. The predicted molar refractivity (Wildman–Crippen MR) is 121 cm³/mol. The van der Waals surface area contributed by atoms with E-state index >= 15 is 0 Å². The number of amides is 1. The van der Waals surface area contributed by atoms with E-state index in [-0.39, 0.29) is 24.0 Å². The molecule has 0 radical (unpaired) electrons. The van der Waals surface area contributed by atoms with E-state index in [2.05, 4.69) is 29.1 Å². The molecule has 3 aromatic rings. The van der Waals surface area contributed by atoms with Crippen LogP contribution in [0.2, 0.25) is 0 Å². The van der Waals surface area contributed by atoms with Gasteiger partial charge in [0.2, 0.25) is 0 Å². The van der Waals surface area contributed by atoms with Crippen molar-refractivity contribution >= 4 is 5.91 Å². The van der Waals surface area contributed by atoms with E-state index in [1.165, 1.54) is 0 Å². The Balaban J connectivity index is 1.50. The summed E-state index contributed by atoms with van der Waals surface area (Å²) in [6, 6.07) is 9.24. The number of ether oxygens (including phenoxy) is 2. The smallest absolute Gasteiger partial charge is 0.258 e. The molecular weight excluding hydrogens is 404 g/mol. The first-order valence-corrected chi connectivity index (χ1v) is 10.7. The molecular formula is C25H28N4O3. The topological polar surface area (TPSA) is 86.2 Å². The molecule has 1 aliphatic carbocycles. The van der Waals surface area contributed by atoms with Crippen LogP contribution in [0.25, 0.3) is 11.4 Å². The monoisotopic (exact) mass is 432 g/mol. The highest BCUT2D eigenvalue weighted by molar-refractivity contribution is 5.78. The SMILES string of the molecule is COc1cc(C)ccc1OCC(=O)N[C@@H]1CC(C)(C)Cc2nc(-c3ccncc3)ncc21. The Morgan fingerprint density at radius 1 is 1.19 bits per heavy atom. The first-order valence-electron chi connectivity index (χ1n) is 10.7. The van der Waals surface area contributed by atoms with Gasteiger partial charge in [-0.1, -0.05) is 19.9 Å². The van der Waals surface area contributed by atoms with E-state index in [0.29, 0.717) is 17.3 Å². The van der Waals surface area contributed by atoms with Crippen LogP contribution in [0.1, 0.15) is 43.1 Å². The van der Waals surface area contributed by atoms with Crippen LogP contribution in [0.4, 0.5) is 0 Å². The zero-order valence-electron chi connectivity index (χ0n) is 18.9. The molecule has 0 unspecified atom stereocenters. The van der Waals surface area contributed by atoms with Crippen molar-refractivity contribution in [2.45, 2.75) is 39.7 Å². The number of fused-ring (bicyclic) bond motifs is 1. The highest BCUT2D eigenvalue weighted by Gasteiger charge is 2.34. The quantitative estimate of drug-likeness (QED) is 0.632. The molecule has 0 fully saturated rings. The molecule has 7 nitrogen and oxygen atoms in total. The maximum Gasteiger partial charge on any atom is 0.258 e. The lowest BCUT2D eigenvalue weighted by molar-refractivity contribution is -0.124. The standard InChI is InChI=1S/C25H28N4O3/c1-16-5-6-21(22(11-16)31-4)32-15-23(30)28-19-12-25(2,3)13-20-18(19)14-27-24(29-20)17-7-9-26-10-8-17/h5-11,14,19H,12-13,15H2,1-4H3,(H,28,30)/t19-/m1/s1. The zero-order chi connectivity index (χ0) is 22.7. The number of aryl methyl sites for hydroxylation is 1. The number of carbonyl (C=O) groups excluding carboxylic acids is 1. The molecule has 0 aliphatic heterocycles. The first-order chi connectivity index (χ1) is 15.3. The lowest BCUT2D eigenvalue weighted by Gasteiger charge is -2.36. The van der Waals surface area contributed by atoms with Crippen molar-refractivity contribution < 1.29 is 14.3 Å². The van der Waals surface area contributed by atoms with Gasteiger partial charge in [0, 0.05) is 29.7 Å². The maximum atomic E-state index is 12.7. The molecule has 7 heteroatoms. The van der Waals surface area contributed by atoms with Crippen LogP contribution < -0.4 is 14.8 Å².